The Balaban J connectivity index is 1.87. The van der Waals surface area contributed by atoms with Gasteiger partial charge in [0.1, 0.15) is 0 Å². The highest BCUT2D eigenvalue weighted by Gasteiger charge is 2.15. The summed E-state index contributed by atoms with van der Waals surface area (Å²) >= 11 is 0. The van der Waals surface area contributed by atoms with Crippen LogP contribution in [-0.2, 0) is 10.0 Å². The average molecular weight is 341 g/mol. The molecule has 6 nitrogen and oxygen atoms in total. The molecule has 0 radical (unpaired) electrons. The average Bonchev–Trinajstić information content (AvgIpc) is 3.09. The molecule has 0 aliphatic heterocycles. The minimum atomic E-state index is -3.73. The van der Waals surface area contributed by atoms with Crippen LogP contribution >= 0.6 is 0 Å². The highest BCUT2D eigenvalue weighted by atomic mass is 32.2. The number of rotatable bonds is 5. The van der Waals surface area contributed by atoms with E-state index in [0.29, 0.717) is 11.3 Å². The Kier molecular flexibility index (Phi) is 4.18. The zero-order chi connectivity index (χ0) is 17.2. The van der Waals surface area contributed by atoms with Gasteiger partial charge in [0.25, 0.3) is 10.0 Å². The number of carbonyl (C=O) groups excluding carboxylic acids is 1. The van der Waals surface area contributed by atoms with Crippen LogP contribution in [0.2, 0.25) is 0 Å². The van der Waals surface area contributed by atoms with E-state index in [1.165, 1.54) is 31.2 Å². The molecule has 0 fully saturated rings. The second-order valence-electron chi connectivity index (χ2n) is 5.19. The first-order valence-corrected chi connectivity index (χ1v) is 8.68. The molecule has 24 heavy (non-hydrogen) atoms. The number of benzene rings is 2. The van der Waals surface area contributed by atoms with E-state index >= 15 is 0 Å². The second-order valence-corrected chi connectivity index (χ2v) is 6.87. The van der Waals surface area contributed by atoms with Crippen LogP contribution < -0.4 is 4.72 Å². The first kappa shape index (κ1) is 15.9. The van der Waals surface area contributed by atoms with Gasteiger partial charge in [0.05, 0.1) is 16.3 Å². The second kappa shape index (κ2) is 6.29. The fourth-order valence-electron chi connectivity index (χ4n) is 2.22. The normalized spacial score (nSPS) is 11.2. The lowest BCUT2D eigenvalue weighted by Crippen LogP contribution is -2.13. The molecule has 1 N–H and O–H groups in total. The third-order valence-electron chi connectivity index (χ3n) is 3.44. The van der Waals surface area contributed by atoms with E-state index in [1.54, 1.807) is 41.3 Å². The van der Waals surface area contributed by atoms with Crippen molar-refractivity contribution in [2.75, 3.05) is 4.72 Å². The van der Waals surface area contributed by atoms with Crippen molar-refractivity contribution in [3.8, 4) is 5.69 Å². The van der Waals surface area contributed by atoms with E-state index < -0.39 is 10.0 Å². The number of anilines is 1. The molecule has 0 amide bonds. The van der Waals surface area contributed by atoms with Gasteiger partial charge in [-0.25, -0.2) is 13.1 Å². The number of hydrogen-bond donors (Lipinski definition) is 1. The number of Topliss-reactive ketones (excluding diaryl/α,β-unsaturated/α-hetero) is 1. The van der Waals surface area contributed by atoms with Crippen molar-refractivity contribution < 1.29 is 13.2 Å². The Morgan fingerprint density at radius 1 is 1.08 bits per heavy atom. The first-order chi connectivity index (χ1) is 11.5. The van der Waals surface area contributed by atoms with Crippen molar-refractivity contribution in [3.05, 3.63) is 72.6 Å². The summed E-state index contributed by atoms with van der Waals surface area (Å²) in [4.78, 5) is 11.4. The van der Waals surface area contributed by atoms with Crippen LogP contribution in [0.25, 0.3) is 5.69 Å². The number of carbonyl (C=O) groups is 1. The summed E-state index contributed by atoms with van der Waals surface area (Å²) in [6.45, 7) is 1.43. The molecule has 3 aromatic rings. The highest BCUT2D eigenvalue weighted by molar-refractivity contribution is 7.92. The number of nitrogens with one attached hydrogen (secondary N) is 1. The van der Waals surface area contributed by atoms with E-state index in [4.69, 9.17) is 0 Å². The van der Waals surface area contributed by atoms with Gasteiger partial charge < -0.3 is 0 Å². The van der Waals surface area contributed by atoms with Gasteiger partial charge in [0, 0.05) is 18.0 Å². The van der Waals surface area contributed by atoms with Gasteiger partial charge in [0.2, 0.25) is 0 Å². The molecule has 0 bridgehead atoms. The Morgan fingerprint density at radius 3 is 2.46 bits per heavy atom. The quantitative estimate of drug-likeness (QED) is 0.724. The SMILES string of the molecule is CC(=O)c1ccc(S(=O)(=O)Nc2cccc(-n3cccn3)c2)cc1. The van der Waals surface area contributed by atoms with Gasteiger partial charge in [-0.05, 0) is 43.3 Å². The highest BCUT2D eigenvalue weighted by Crippen LogP contribution is 2.19. The molecule has 3 rings (SSSR count). The maximum Gasteiger partial charge on any atom is 0.261 e. The van der Waals surface area contributed by atoms with Crippen molar-refractivity contribution in [1.29, 1.82) is 0 Å². The molecule has 1 aromatic heterocycles. The maximum absolute atomic E-state index is 12.5. The van der Waals surface area contributed by atoms with Gasteiger partial charge in [-0.3, -0.25) is 9.52 Å². The Morgan fingerprint density at radius 2 is 1.83 bits per heavy atom. The zero-order valence-corrected chi connectivity index (χ0v) is 13.7. The predicted octanol–water partition coefficient (Wildman–Crippen LogP) is 2.88. The lowest BCUT2D eigenvalue weighted by atomic mass is 10.2. The zero-order valence-electron chi connectivity index (χ0n) is 12.9. The van der Waals surface area contributed by atoms with Crippen LogP contribution in [0.4, 0.5) is 5.69 Å². The van der Waals surface area contributed by atoms with Crippen molar-refractivity contribution in [1.82, 2.24) is 9.78 Å². The van der Waals surface area contributed by atoms with E-state index in [9.17, 15) is 13.2 Å². The number of nitrogens with zero attached hydrogens (tertiary/aromatic N) is 2. The molecule has 0 spiro atoms. The standard InChI is InChI=1S/C17H15N3O3S/c1-13(21)14-6-8-17(9-7-14)24(22,23)19-15-4-2-5-16(12-15)20-11-3-10-18-20/h2-12,19H,1H3. The van der Waals surface area contributed by atoms with E-state index in [-0.39, 0.29) is 10.7 Å². The van der Waals surface area contributed by atoms with Crippen LogP contribution in [0.1, 0.15) is 17.3 Å². The molecule has 0 saturated carbocycles. The number of hydrogen-bond acceptors (Lipinski definition) is 4. The summed E-state index contributed by atoms with van der Waals surface area (Å²) in [6, 6.07) is 14.5. The van der Waals surface area contributed by atoms with E-state index in [2.05, 4.69) is 9.82 Å². The third kappa shape index (κ3) is 3.36. The number of sulfonamides is 1. The molecular weight excluding hydrogens is 326 g/mol. The van der Waals surface area contributed by atoms with Gasteiger partial charge in [0.15, 0.2) is 5.78 Å². The summed E-state index contributed by atoms with van der Waals surface area (Å²) in [5, 5.41) is 4.12. The molecule has 0 saturated heterocycles. The molecule has 0 aliphatic carbocycles. The molecule has 2 aromatic carbocycles. The van der Waals surface area contributed by atoms with Gasteiger partial charge >= 0.3 is 0 Å². The molecule has 0 atom stereocenters. The van der Waals surface area contributed by atoms with Gasteiger partial charge in [-0.2, -0.15) is 5.10 Å². The molecule has 0 unspecified atom stereocenters. The summed E-state index contributed by atoms with van der Waals surface area (Å²) in [5.41, 5.74) is 1.64. The van der Waals surface area contributed by atoms with Crippen molar-refractivity contribution >= 4 is 21.5 Å². The first-order valence-electron chi connectivity index (χ1n) is 7.20. The molecular formula is C17H15N3O3S. The van der Waals surface area contributed by atoms with Crippen molar-refractivity contribution in [3.63, 3.8) is 0 Å². The van der Waals surface area contributed by atoms with Crippen molar-refractivity contribution in [2.24, 2.45) is 0 Å². The largest absolute Gasteiger partial charge is 0.295 e. The number of aromatic nitrogens is 2. The summed E-state index contributed by atoms with van der Waals surface area (Å²) in [7, 11) is -3.73. The summed E-state index contributed by atoms with van der Waals surface area (Å²) in [5.74, 6) is -0.112. The molecule has 7 heteroatoms. The minimum Gasteiger partial charge on any atom is -0.295 e. The summed E-state index contributed by atoms with van der Waals surface area (Å²) in [6.07, 6.45) is 3.42. The van der Waals surface area contributed by atoms with Gasteiger partial charge in [-0.15, -0.1) is 0 Å². The van der Waals surface area contributed by atoms with Crippen molar-refractivity contribution in [2.45, 2.75) is 11.8 Å². The lowest BCUT2D eigenvalue weighted by Gasteiger charge is -2.10. The maximum atomic E-state index is 12.5. The monoisotopic (exact) mass is 341 g/mol. The van der Waals surface area contributed by atoms with Crippen LogP contribution in [0.5, 0.6) is 0 Å². The van der Waals surface area contributed by atoms with E-state index in [1.807, 2.05) is 6.07 Å². The van der Waals surface area contributed by atoms with Crippen LogP contribution in [0.15, 0.2) is 71.9 Å². The summed E-state index contributed by atoms with van der Waals surface area (Å²) < 4.78 is 29.1. The third-order valence-corrected chi connectivity index (χ3v) is 4.84. The fourth-order valence-corrected chi connectivity index (χ4v) is 3.27. The fraction of sp³-hybridized carbons (Fsp3) is 0.0588. The van der Waals surface area contributed by atoms with Crippen LogP contribution in [0, 0.1) is 0 Å². The Hall–Kier alpha value is -2.93. The molecule has 0 aliphatic rings. The smallest absolute Gasteiger partial charge is 0.261 e. The predicted molar refractivity (Wildman–Crippen MR) is 90.8 cm³/mol. The van der Waals surface area contributed by atoms with Crippen LogP contribution in [-0.4, -0.2) is 24.0 Å². The topological polar surface area (TPSA) is 81.1 Å². The molecule has 122 valence electrons. The lowest BCUT2D eigenvalue weighted by molar-refractivity contribution is 0.101. The number of ketones is 1. The van der Waals surface area contributed by atoms with E-state index in [0.717, 1.165) is 5.69 Å². The van der Waals surface area contributed by atoms with Crippen LogP contribution in [0.3, 0.4) is 0 Å². The molecule has 1 heterocycles. The Bertz CT molecular complexity index is 963. The van der Waals surface area contributed by atoms with Gasteiger partial charge in [-0.1, -0.05) is 18.2 Å². The minimum absolute atomic E-state index is 0.0944. The Labute approximate surface area is 139 Å².